The van der Waals surface area contributed by atoms with Crippen LogP contribution < -0.4 is 5.32 Å². The Hall–Kier alpha value is -1.58. The van der Waals surface area contributed by atoms with Gasteiger partial charge in [-0.05, 0) is 37.3 Å². The van der Waals surface area contributed by atoms with Crippen molar-refractivity contribution < 1.29 is 4.92 Å². The largest absolute Gasteiger partial charge is 0.385 e. The molecule has 1 aromatic rings. The molecule has 0 aromatic heterocycles. The van der Waals surface area contributed by atoms with Gasteiger partial charge in [-0.2, -0.15) is 0 Å². The summed E-state index contributed by atoms with van der Waals surface area (Å²) in [5.41, 5.74) is 1.94. The van der Waals surface area contributed by atoms with Crippen LogP contribution in [0.25, 0.3) is 0 Å². The van der Waals surface area contributed by atoms with Crippen molar-refractivity contribution in [3.63, 3.8) is 0 Å². The molecule has 0 amide bonds. The van der Waals surface area contributed by atoms with Crippen LogP contribution in [0.3, 0.4) is 0 Å². The van der Waals surface area contributed by atoms with E-state index in [0.29, 0.717) is 0 Å². The van der Waals surface area contributed by atoms with Gasteiger partial charge in [-0.1, -0.05) is 12.8 Å². The number of rotatable bonds is 6. The Labute approximate surface area is 101 Å². The maximum Gasteiger partial charge on any atom is 0.271 e. The predicted octanol–water partition coefficient (Wildman–Crippen LogP) is 3.51. The van der Waals surface area contributed by atoms with E-state index in [2.05, 4.69) is 5.32 Å². The normalized spacial score (nSPS) is 14.6. The zero-order valence-corrected chi connectivity index (χ0v) is 10.1. The lowest BCUT2D eigenvalue weighted by Crippen LogP contribution is -2.02. The first-order valence-corrected chi connectivity index (χ1v) is 6.15. The number of non-ortho nitro benzene ring substituents is 1. The number of benzene rings is 1. The number of nitrogens with zero attached hydrogens (tertiary/aromatic N) is 1. The molecule has 4 nitrogen and oxygen atoms in total. The van der Waals surface area contributed by atoms with Crippen LogP contribution in [-0.4, -0.2) is 11.5 Å². The lowest BCUT2D eigenvalue weighted by Gasteiger charge is -2.07. The summed E-state index contributed by atoms with van der Waals surface area (Å²) in [5, 5.41) is 14.0. The van der Waals surface area contributed by atoms with Gasteiger partial charge in [0.25, 0.3) is 5.69 Å². The highest BCUT2D eigenvalue weighted by Gasteiger charge is 2.19. The topological polar surface area (TPSA) is 55.2 Å². The smallest absolute Gasteiger partial charge is 0.271 e. The van der Waals surface area contributed by atoms with Crippen molar-refractivity contribution in [3.8, 4) is 0 Å². The third-order valence-electron chi connectivity index (χ3n) is 3.09. The highest BCUT2D eigenvalue weighted by Crippen LogP contribution is 2.33. The Morgan fingerprint density at radius 3 is 2.82 bits per heavy atom. The predicted molar refractivity (Wildman–Crippen MR) is 68.3 cm³/mol. The average molecular weight is 234 g/mol. The molecule has 0 heterocycles. The highest BCUT2D eigenvalue weighted by atomic mass is 16.6. The third kappa shape index (κ3) is 3.73. The van der Waals surface area contributed by atoms with Gasteiger partial charge >= 0.3 is 0 Å². The summed E-state index contributed by atoms with van der Waals surface area (Å²) in [4.78, 5) is 10.4. The Balaban J connectivity index is 1.87. The van der Waals surface area contributed by atoms with Crippen LogP contribution >= 0.6 is 0 Å². The van der Waals surface area contributed by atoms with Gasteiger partial charge < -0.3 is 5.32 Å². The minimum absolute atomic E-state index is 0.162. The van der Waals surface area contributed by atoms with E-state index in [9.17, 15) is 10.1 Å². The number of hydrogen-bond acceptors (Lipinski definition) is 3. The van der Waals surface area contributed by atoms with Crippen LogP contribution in [0.2, 0.25) is 0 Å². The number of hydrogen-bond donors (Lipinski definition) is 1. The van der Waals surface area contributed by atoms with Crippen molar-refractivity contribution in [2.45, 2.75) is 32.6 Å². The molecule has 0 radical (unpaired) electrons. The van der Waals surface area contributed by atoms with Crippen molar-refractivity contribution in [3.05, 3.63) is 33.9 Å². The molecule has 0 aliphatic heterocycles. The van der Waals surface area contributed by atoms with Gasteiger partial charge in [0.15, 0.2) is 0 Å². The van der Waals surface area contributed by atoms with Crippen LogP contribution in [0.4, 0.5) is 11.4 Å². The first kappa shape index (κ1) is 11.9. The SMILES string of the molecule is Cc1cc(NCCCC2CC2)cc([N+](=O)[O-])c1. The van der Waals surface area contributed by atoms with Gasteiger partial charge in [0.05, 0.1) is 4.92 Å². The van der Waals surface area contributed by atoms with Gasteiger partial charge in [-0.15, -0.1) is 0 Å². The van der Waals surface area contributed by atoms with E-state index in [0.717, 1.165) is 30.1 Å². The summed E-state index contributed by atoms with van der Waals surface area (Å²) >= 11 is 0. The summed E-state index contributed by atoms with van der Waals surface area (Å²) in [7, 11) is 0. The summed E-state index contributed by atoms with van der Waals surface area (Å²) < 4.78 is 0. The van der Waals surface area contributed by atoms with E-state index in [1.807, 2.05) is 13.0 Å². The molecule has 1 aromatic carbocycles. The van der Waals surface area contributed by atoms with E-state index < -0.39 is 0 Å². The van der Waals surface area contributed by atoms with Crippen molar-refractivity contribution >= 4 is 11.4 Å². The van der Waals surface area contributed by atoms with E-state index >= 15 is 0 Å². The van der Waals surface area contributed by atoms with Crippen LogP contribution in [0.5, 0.6) is 0 Å². The molecule has 4 heteroatoms. The van der Waals surface area contributed by atoms with Gasteiger partial charge in [-0.3, -0.25) is 10.1 Å². The number of aryl methyl sites for hydroxylation is 1. The fraction of sp³-hybridized carbons (Fsp3) is 0.538. The second-order valence-corrected chi connectivity index (χ2v) is 4.83. The van der Waals surface area contributed by atoms with Crippen LogP contribution in [0.1, 0.15) is 31.2 Å². The zero-order chi connectivity index (χ0) is 12.3. The lowest BCUT2D eigenvalue weighted by atomic mass is 10.2. The molecular weight excluding hydrogens is 216 g/mol. The first-order chi connectivity index (χ1) is 8.15. The first-order valence-electron chi connectivity index (χ1n) is 6.15. The second kappa shape index (κ2) is 5.17. The van der Waals surface area contributed by atoms with Crippen LogP contribution in [-0.2, 0) is 0 Å². The molecule has 0 bridgehead atoms. The molecule has 1 N–H and O–H groups in total. The van der Waals surface area contributed by atoms with Crippen molar-refractivity contribution in [2.24, 2.45) is 5.92 Å². The zero-order valence-electron chi connectivity index (χ0n) is 10.1. The van der Waals surface area contributed by atoms with Crippen LogP contribution in [0, 0.1) is 23.0 Å². The fourth-order valence-electron chi connectivity index (χ4n) is 2.00. The van der Waals surface area contributed by atoms with E-state index in [4.69, 9.17) is 0 Å². The van der Waals surface area contributed by atoms with E-state index in [-0.39, 0.29) is 10.6 Å². The number of nitrogens with one attached hydrogen (secondary N) is 1. The second-order valence-electron chi connectivity index (χ2n) is 4.83. The van der Waals surface area contributed by atoms with Gasteiger partial charge in [0, 0.05) is 24.4 Å². The maximum atomic E-state index is 10.7. The van der Waals surface area contributed by atoms with Crippen molar-refractivity contribution in [2.75, 3.05) is 11.9 Å². The summed E-state index contributed by atoms with van der Waals surface area (Å²) in [6, 6.07) is 5.14. The maximum absolute atomic E-state index is 10.7. The van der Waals surface area contributed by atoms with E-state index in [1.165, 1.54) is 19.3 Å². The van der Waals surface area contributed by atoms with Gasteiger partial charge in [0.2, 0.25) is 0 Å². The molecule has 0 atom stereocenters. The monoisotopic (exact) mass is 234 g/mol. The number of anilines is 1. The van der Waals surface area contributed by atoms with Gasteiger partial charge in [0.1, 0.15) is 0 Å². The Morgan fingerprint density at radius 2 is 2.18 bits per heavy atom. The Bertz CT molecular complexity index is 414. The molecule has 17 heavy (non-hydrogen) atoms. The van der Waals surface area contributed by atoms with E-state index in [1.54, 1.807) is 12.1 Å². The lowest BCUT2D eigenvalue weighted by molar-refractivity contribution is -0.384. The molecule has 92 valence electrons. The highest BCUT2D eigenvalue weighted by molar-refractivity contribution is 5.53. The Kier molecular flexibility index (Phi) is 3.61. The number of nitro benzene ring substituents is 1. The molecule has 1 saturated carbocycles. The molecule has 1 fully saturated rings. The standard InChI is InChI=1S/C13H18N2O2/c1-10-7-12(9-13(8-10)15(16)17)14-6-2-3-11-4-5-11/h7-9,11,14H,2-6H2,1H3. The summed E-state index contributed by atoms with van der Waals surface area (Å²) in [6.45, 7) is 2.78. The van der Waals surface area contributed by atoms with Crippen LogP contribution in [0.15, 0.2) is 18.2 Å². The molecule has 2 rings (SSSR count). The van der Waals surface area contributed by atoms with Gasteiger partial charge in [-0.25, -0.2) is 0 Å². The number of nitro groups is 1. The average Bonchev–Trinajstić information content (AvgIpc) is 3.07. The Morgan fingerprint density at radius 1 is 1.41 bits per heavy atom. The third-order valence-corrected chi connectivity index (χ3v) is 3.09. The van der Waals surface area contributed by atoms with Crippen molar-refractivity contribution in [1.29, 1.82) is 0 Å². The molecular formula is C13H18N2O2. The quantitative estimate of drug-likeness (QED) is 0.465. The fourth-order valence-corrected chi connectivity index (χ4v) is 2.00. The summed E-state index contributed by atoms with van der Waals surface area (Å²) in [6.07, 6.45) is 5.19. The molecule has 0 saturated heterocycles. The van der Waals surface area contributed by atoms with Crippen molar-refractivity contribution in [1.82, 2.24) is 0 Å². The minimum atomic E-state index is -0.345. The molecule has 0 spiro atoms. The summed E-state index contributed by atoms with van der Waals surface area (Å²) in [5.74, 6) is 0.948. The minimum Gasteiger partial charge on any atom is -0.385 e. The molecule has 0 unspecified atom stereocenters. The molecule has 1 aliphatic carbocycles. The molecule has 1 aliphatic rings.